The molecule has 0 bridgehead atoms. The number of rotatable bonds is 0. The number of hydrogen-bond donors (Lipinski definition) is 1. The fraction of sp³-hybridized carbons (Fsp3) is 0.875. The molecule has 0 radical (unpaired) electrons. The average Bonchev–Trinajstić information content (AvgIpc) is 2.12. The first kappa shape index (κ1) is 9.76. The van der Waals surface area contributed by atoms with E-state index in [2.05, 4.69) is 5.32 Å². The molecule has 0 aromatic carbocycles. The van der Waals surface area contributed by atoms with E-state index in [1.165, 1.54) is 0 Å². The molecule has 0 aromatic heterocycles. The molecule has 0 unspecified atom stereocenters. The Bertz CT molecular complexity index is 334. The Morgan fingerprint density at radius 2 is 1.86 bits per heavy atom. The van der Waals surface area contributed by atoms with Crippen molar-refractivity contribution in [2.75, 3.05) is 18.1 Å². The highest BCUT2D eigenvalue weighted by atomic mass is 32.2. The quantitative estimate of drug-likeness (QED) is 0.625. The van der Waals surface area contributed by atoms with Gasteiger partial charge in [-0.3, -0.25) is 0 Å². The lowest BCUT2D eigenvalue weighted by atomic mass is 9.92. The lowest BCUT2D eigenvalue weighted by molar-refractivity contribution is -0.0197. The molecule has 2 aliphatic rings. The van der Waals surface area contributed by atoms with Crippen molar-refractivity contribution in [1.82, 2.24) is 5.32 Å². The molecule has 1 N–H and O–H groups in total. The van der Waals surface area contributed by atoms with Gasteiger partial charge in [0.15, 0.2) is 9.84 Å². The third kappa shape index (κ3) is 1.84. The van der Waals surface area contributed by atoms with Gasteiger partial charge >= 0.3 is 6.09 Å². The minimum atomic E-state index is -2.89. The van der Waals surface area contributed by atoms with Gasteiger partial charge in [0.2, 0.25) is 0 Å². The predicted octanol–water partition coefficient (Wildman–Crippen LogP) is 0.0637. The lowest BCUT2D eigenvalue weighted by Crippen LogP contribution is -2.51. The van der Waals surface area contributed by atoms with Crippen LogP contribution in [0.4, 0.5) is 4.79 Å². The van der Waals surface area contributed by atoms with Crippen LogP contribution in [-0.4, -0.2) is 38.2 Å². The van der Waals surface area contributed by atoms with Crippen molar-refractivity contribution in [3.8, 4) is 0 Å². The molecule has 2 rings (SSSR count). The molecule has 6 heteroatoms. The molecule has 1 spiro atoms. The van der Waals surface area contributed by atoms with Crippen LogP contribution in [0, 0.1) is 0 Å². The SMILES string of the molecule is O=C1NCCC2(CCS(=O)(=O)CC2)O1. The van der Waals surface area contributed by atoms with Gasteiger partial charge in [-0.2, -0.15) is 0 Å². The highest BCUT2D eigenvalue weighted by molar-refractivity contribution is 7.91. The minimum Gasteiger partial charge on any atom is -0.443 e. The van der Waals surface area contributed by atoms with Crippen molar-refractivity contribution in [2.45, 2.75) is 24.9 Å². The highest BCUT2D eigenvalue weighted by Crippen LogP contribution is 2.32. The first-order chi connectivity index (χ1) is 6.52. The van der Waals surface area contributed by atoms with Crippen LogP contribution in [0.3, 0.4) is 0 Å². The van der Waals surface area contributed by atoms with Crippen molar-refractivity contribution in [3.63, 3.8) is 0 Å². The van der Waals surface area contributed by atoms with Crippen molar-refractivity contribution in [3.05, 3.63) is 0 Å². The standard InChI is InChI=1S/C8H13NO4S/c10-7-9-4-1-8(13-7)2-5-14(11,12)6-3-8/h1-6H2,(H,9,10). The first-order valence-electron chi connectivity index (χ1n) is 4.69. The number of carbonyl (C=O) groups is 1. The second-order valence-corrected chi connectivity index (χ2v) is 6.20. The topological polar surface area (TPSA) is 72.5 Å². The summed E-state index contributed by atoms with van der Waals surface area (Å²) in [6.07, 6.45) is 1.19. The van der Waals surface area contributed by atoms with E-state index in [-0.39, 0.29) is 11.5 Å². The zero-order valence-corrected chi connectivity index (χ0v) is 8.60. The van der Waals surface area contributed by atoms with E-state index in [9.17, 15) is 13.2 Å². The molecule has 0 saturated carbocycles. The summed E-state index contributed by atoms with van der Waals surface area (Å²) in [5.74, 6) is 0.278. The van der Waals surface area contributed by atoms with E-state index in [1.807, 2.05) is 0 Å². The van der Waals surface area contributed by atoms with Gasteiger partial charge in [-0.15, -0.1) is 0 Å². The molecule has 14 heavy (non-hydrogen) atoms. The van der Waals surface area contributed by atoms with Crippen LogP contribution >= 0.6 is 0 Å². The zero-order valence-electron chi connectivity index (χ0n) is 7.78. The summed E-state index contributed by atoms with van der Waals surface area (Å²) >= 11 is 0. The molecule has 0 aliphatic carbocycles. The van der Waals surface area contributed by atoms with Crippen LogP contribution in [0.5, 0.6) is 0 Å². The maximum absolute atomic E-state index is 11.2. The smallest absolute Gasteiger partial charge is 0.407 e. The van der Waals surface area contributed by atoms with Crippen molar-refractivity contribution in [2.24, 2.45) is 0 Å². The van der Waals surface area contributed by atoms with Gasteiger partial charge in [0.05, 0.1) is 11.5 Å². The zero-order chi connectivity index (χ0) is 10.2. The minimum absolute atomic E-state index is 0.139. The number of nitrogens with one attached hydrogen (secondary N) is 1. The Hall–Kier alpha value is -0.780. The van der Waals surface area contributed by atoms with Crippen LogP contribution in [0.1, 0.15) is 19.3 Å². The summed E-state index contributed by atoms with van der Waals surface area (Å²) in [5, 5.41) is 2.56. The molecule has 0 atom stereocenters. The average molecular weight is 219 g/mol. The molecule has 80 valence electrons. The van der Waals surface area contributed by atoms with Gasteiger partial charge in [-0.25, -0.2) is 13.2 Å². The van der Waals surface area contributed by atoms with E-state index in [1.54, 1.807) is 0 Å². The summed E-state index contributed by atoms with van der Waals surface area (Å²) < 4.78 is 27.6. The highest BCUT2D eigenvalue weighted by Gasteiger charge is 2.42. The fourth-order valence-corrected chi connectivity index (χ4v) is 3.51. The number of amides is 1. The first-order valence-corrected chi connectivity index (χ1v) is 6.51. The van der Waals surface area contributed by atoms with E-state index in [4.69, 9.17) is 4.74 Å². The Kier molecular flexibility index (Phi) is 2.17. The lowest BCUT2D eigenvalue weighted by Gasteiger charge is -2.39. The normalized spacial score (nSPS) is 29.3. The third-order valence-corrected chi connectivity index (χ3v) is 4.55. The molecule has 2 saturated heterocycles. The molecule has 0 aromatic rings. The molecule has 2 aliphatic heterocycles. The number of alkyl carbamates (subject to hydrolysis) is 1. The largest absolute Gasteiger partial charge is 0.443 e. The molecule has 1 amide bonds. The Morgan fingerprint density at radius 1 is 1.21 bits per heavy atom. The fourth-order valence-electron chi connectivity index (χ4n) is 1.94. The van der Waals surface area contributed by atoms with Crippen molar-refractivity contribution < 1.29 is 17.9 Å². The number of hydrogen-bond acceptors (Lipinski definition) is 4. The summed E-state index contributed by atoms with van der Waals surface area (Å²) in [6, 6.07) is 0. The van der Waals surface area contributed by atoms with Crippen LogP contribution in [-0.2, 0) is 14.6 Å². The van der Waals surface area contributed by atoms with Crippen LogP contribution in [0.2, 0.25) is 0 Å². The van der Waals surface area contributed by atoms with Gasteiger partial charge in [-0.1, -0.05) is 0 Å². The summed E-state index contributed by atoms with van der Waals surface area (Å²) in [6.45, 7) is 0.582. The molecule has 2 fully saturated rings. The van der Waals surface area contributed by atoms with Gasteiger partial charge in [-0.05, 0) is 0 Å². The predicted molar refractivity (Wildman–Crippen MR) is 49.7 cm³/mol. The summed E-state index contributed by atoms with van der Waals surface area (Å²) in [7, 11) is -2.89. The van der Waals surface area contributed by atoms with Gasteiger partial charge in [0.25, 0.3) is 0 Å². The monoisotopic (exact) mass is 219 g/mol. The molecular weight excluding hydrogens is 206 g/mol. The van der Waals surface area contributed by atoms with Gasteiger partial charge < -0.3 is 10.1 Å². The number of sulfone groups is 1. The number of ether oxygens (including phenoxy) is 1. The van der Waals surface area contributed by atoms with E-state index in [0.29, 0.717) is 25.8 Å². The molecule has 5 nitrogen and oxygen atoms in total. The van der Waals surface area contributed by atoms with Crippen LogP contribution in [0.15, 0.2) is 0 Å². The van der Waals surface area contributed by atoms with Crippen LogP contribution in [0.25, 0.3) is 0 Å². The van der Waals surface area contributed by atoms with Gasteiger partial charge in [0, 0.05) is 25.8 Å². The third-order valence-electron chi connectivity index (χ3n) is 2.90. The van der Waals surface area contributed by atoms with Crippen molar-refractivity contribution in [1.29, 1.82) is 0 Å². The molecular formula is C8H13NO4S. The van der Waals surface area contributed by atoms with E-state index >= 15 is 0 Å². The maximum Gasteiger partial charge on any atom is 0.407 e. The van der Waals surface area contributed by atoms with E-state index in [0.717, 1.165) is 0 Å². The van der Waals surface area contributed by atoms with E-state index < -0.39 is 21.5 Å². The second-order valence-electron chi connectivity index (χ2n) is 3.90. The van der Waals surface area contributed by atoms with Gasteiger partial charge in [0.1, 0.15) is 5.60 Å². The Balaban J connectivity index is 2.08. The number of carbonyl (C=O) groups excluding carboxylic acids is 1. The summed E-state index contributed by atoms with van der Waals surface area (Å²) in [5.41, 5.74) is -0.506. The second kappa shape index (κ2) is 3.12. The molecule has 2 heterocycles. The van der Waals surface area contributed by atoms with Crippen molar-refractivity contribution >= 4 is 15.9 Å². The maximum atomic E-state index is 11.2. The Labute approximate surface area is 82.7 Å². The summed E-state index contributed by atoms with van der Waals surface area (Å²) in [4.78, 5) is 11.0. The Morgan fingerprint density at radius 3 is 2.43 bits per heavy atom. The van der Waals surface area contributed by atoms with Crippen LogP contribution < -0.4 is 5.32 Å².